The first-order chi connectivity index (χ1) is 69.7. The summed E-state index contributed by atoms with van der Waals surface area (Å²) in [4.78, 5) is 43.7. The van der Waals surface area contributed by atoms with E-state index in [4.69, 9.17) is 74.4 Å². The van der Waals surface area contributed by atoms with Gasteiger partial charge in [0.05, 0.1) is 62.9 Å². The molecule has 592 valence electrons. The monoisotopic (exact) mass is 1670 g/mol. The Hall–Kier alpha value is -9.51. The molecule has 3 unspecified atom stereocenters. The van der Waals surface area contributed by atoms with E-state index in [0.717, 1.165) is 45.4 Å². The Balaban J connectivity index is 0.000000170. The molecule has 4 aromatic carbocycles. The number of likely N-dealkylation sites (tertiary alicyclic amines) is 4. The molecular weight excluding hydrogens is 1540 g/mol. The highest BCUT2D eigenvalue weighted by Gasteiger charge is 2.28. The predicted octanol–water partition coefficient (Wildman–Crippen LogP) is 19.0. The van der Waals surface area contributed by atoms with Crippen molar-refractivity contribution in [3.63, 3.8) is 0 Å². The van der Waals surface area contributed by atoms with E-state index in [1.165, 1.54) is 111 Å². The average molecular weight is 1670 g/mol. The molecule has 21 nitrogen and oxygen atoms in total. The number of benzene rings is 4. The molecule has 8 aromatic heterocycles. The third kappa shape index (κ3) is 21.5. The summed E-state index contributed by atoms with van der Waals surface area (Å²) in [6.07, 6.45) is -15.2. The Labute approximate surface area is 738 Å². The van der Waals surface area contributed by atoms with Crippen LogP contribution in [0.2, 0.25) is 10.7 Å². The minimum absolute atomic E-state index is 0.00380. The van der Waals surface area contributed by atoms with Crippen LogP contribution in [0.25, 0.3) is 41.1 Å². The van der Waals surface area contributed by atoms with Gasteiger partial charge in [0.15, 0.2) is 16.9 Å². The minimum Gasteiger partial charge on any atom is -0.367 e. The minimum atomic E-state index is -3.98. The normalized spacial score (nSPS) is 26.6. The zero-order valence-corrected chi connectivity index (χ0v) is 66.0. The van der Waals surface area contributed by atoms with Crippen molar-refractivity contribution in [2.45, 2.75) is 180 Å². The van der Waals surface area contributed by atoms with Crippen LogP contribution >= 0.6 is 56.9 Å². The van der Waals surface area contributed by atoms with Crippen LogP contribution in [-0.2, 0) is 26.1 Å². The van der Waals surface area contributed by atoms with E-state index >= 15 is 0 Å². The molecule has 0 amide bonds. The van der Waals surface area contributed by atoms with Gasteiger partial charge in [-0.3, -0.25) is 19.6 Å². The maximum atomic E-state index is 14.3. The molecule has 114 heavy (non-hydrogen) atoms. The van der Waals surface area contributed by atoms with Gasteiger partial charge in [0.1, 0.15) is 95.2 Å². The second kappa shape index (κ2) is 38.8. The fraction of sp³-hybridized carbons (Fsp3) is 0.424. The number of nitrogens with zero attached hydrogens (tertiary/aromatic N) is 17. The van der Waals surface area contributed by atoms with Crippen LogP contribution in [0.3, 0.4) is 0 Å². The van der Waals surface area contributed by atoms with Gasteiger partial charge in [-0.25, -0.2) is 63.0 Å². The smallest absolute Gasteiger partial charge is 0.175 e. The number of anilines is 4. The molecule has 0 aliphatic carbocycles. The van der Waals surface area contributed by atoms with Crippen molar-refractivity contribution in [3.8, 4) is 18.2 Å². The summed E-state index contributed by atoms with van der Waals surface area (Å²) >= 11 is 9.80. The largest absolute Gasteiger partial charge is 0.367 e. The van der Waals surface area contributed by atoms with Crippen LogP contribution in [0, 0.1) is 51.4 Å². The van der Waals surface area contributed by atoms with Crippen LogP contribution in [0.1, 0.15) is 235 Å². The molecule has 29 heteroatoms. The Morgan fingerprint density at radius 2 is 1.00 bits per heavy atom. The van der Waals surface area contributed by atoms with E-state index in [2.05, 4.69) is 49.8 Å². The van der Waals surface area contributed by atoms with Gasteiger partial charge >= 0.3 is 0 Å². The van der Waals surface area contributed by atoms with Crippen molar-refractivity contribution >= 4 is 121 Å². The Morgan fingerprint density at radius 3 is 1.55 bits per heavy atom. The molecule has 0 saturated carbocycles. The number of thiophene rings is 2. The van der Waals surface area contributed by atoms with Gasteiger partial charge in [0.25, 0.3) is 0 Å². The maximum Gasteiger partial charge on any atom is 0.175 e. The molecule has 0 spiro atoms. The molecule has 12 heterocycles. The van der Waals surface area contributed by atoms with Crippen molar-refractivity contribution in [1.82, 2.24) is 69.4 Å². The highest BCUT2D eigenvalue weighted by molar-refractivity contribution is 7.20. The third-order valence-electron chi connectivity index (χ3n) is 16.6. The summed E-state index contributed by atoms with van der Waals surface area (Å²) in [5, 5.41) is 28.8. The third-order valence-corrected chi connectivity index (χ3v) is 21.9. The number of nitriles is 3. The van der Waals surface area contributed by atoms with Crippen molar-refractivity contribution in [2.75, 3.05) is 73.4 Å². The molecule has 0 bridgehead atoms. The fourth-order valence-electron chi connectivity index (χ4n) is 10.8. The van der Waals surface area contributed by atoms with Crippen LogP contribution in [0.15, 0.2) is 116 Å². The lowest BCUT2D eigenvalue weighted by atomic mass is 10.0. The standard InChI is InChI=1S/C22H25N5S.C21H24ClFN4S.2C21H23FN6S/c1-15(2)20-11-19-21(24-14-25-22(19)28-20)26-18-6-8-27(9-7-18)13-17-5-3-4-16(10-17)12-23;1-13(2)19-10-16-20(24-12-25-21(16)28-19)26-15-5-7-27(8-6-15)11-14-3-4-18(23)17(22)9-14;1-13(2)21-27-20-18(29-21)19(24-12-25-20)26-16-5-7-28(8-6-16)11-14-3-4-17(22)15(9-14)10-23;1-13(2)21-27-20-18(29-21)19(24-12-25-20)26-16-5-7-28(8-6-16)11-15-9-14(10-23)3-4-17(15)22/h3-5,10-11,14-15,18H,6-9,13H2,1-2H3,(H,24,25,26);3-4,9-10,12-13,15H,5-8,11H2,1-2H3,(H,24,25,26);2*3-4,9,12-13,16H,5-8,11H2,1-2H3,(H,24,25,26)/i6D2,7D2,8D2,9D2,11D,13D,14D,15D,18D;5D2,6D2,7D2,8D2,10D,11D2,12D,13D,15D;11D,12D,13D,16D;11D,13D,16D/hD4. The van der Waals surface area contributed by atoms with E-state index in [1.54, 1.807) is 38.7 Å². The lowest BCUT2D eigenvalue weighted by Crippen LogP contribution is -2.39. The number of thiazole rings is 2. The summed E-state index contributed by atoms with van der Waals surface area (Å²) in [6.45, 7) is -8.52. The number of hydrogen-bond acceptors (Lipinski definition) is 25. The summed E-state index contributed by atoms with van der Waals surface area (Å²) in [5.74, 6) is -8.12. The van der Waals surface area contributed by atoms with Crippen LogP contribution in [-0.4, -0.2) is 146 Å². The summed E-state index contributed by atoms with van der Waals surface area (Å²) < 4.78 is 371. The molecule has 4 fully saturated rings. The first kappa shape index (κ1) is 46.9. The zero-order valence-electron chi connectivity index (χ0n) is 100. The second-order valence-electron chi connectivity index (χ2n) is 26.0. The van der Waals surface area contributed by atoms with Gasteiger partial charge in [0, 0.05) is 164 Å². The number of piperidine rings is 4. The number of hydrogen-bond donors (Lipinski definition) is 4. The Bertz CT molecular complexity index is 7340. The lowest BCUT2D eigenvalue weighted by Gasteiger charge is -2.32. The topological polar surface area (TPSA) is 261 Å². The molecule has 3 atom stereocenters. The zero-order chi connectivity index (χ0) is 114. The lowest BCUT2D eigenvalue weighted by molar-refractivity contribution is 0.209. The molecule has 4 aliphatic rings. The van der Waals surface area contributed by atoms with E-state index in [0.29, 0.717) is 74.5 Å². The quantitative estimate of drug-likeness (QED) is 0.0553. The van der Waals surface area contributed by atoms with Crippen LogP contribution in [0.5, 0.6) is 0 Å². The molecule has 0 radical (unpaired) electrons. The molecule has 4 saturated heterocycles. The number of aromatic nitrogens is 10. The average Bonchev–Trinajstić information content (AvgIpc) is 0.795. The number of nitrogens with one attached hydrogen (secondary N) is 4. The highest BCUT2D eigenvalue weighted by Crippen LogP contribution is 2.38. The maximum absolute atomic E-state index is 14.3. The van der Waals surface area contributed by atoms with Gasteiger partial charge in [-0.15, -0.1) is 45.3 Å². The summed E-state index contributed by atoms with van der Waals surface area (Å²) in [7, 11) is 0. The van der Waals surface area contributed by atoms with Gasteiger partial charge in [0.2, 0.25) is 0 Å². The van der Waals surface area contributed by atoms with Crippen LogP contribution in [0.4, 0.5) is 36.4 Å². The Kier molecular flexibility index (Phi) is 15.9. The molecule has 4 N–H and O–H groups in total. The van der Waals surface area contributed by atoms with Crippen molar-refractivity contribution in [2.24, 2.45) is 0 Å². The van der Waals surface area contributed by atoms with Crippen molar-refractivity contribution < 1.29 is 65.4 Å². The Morgan fingerprint density at radius 1 is 0.518 bits per heavy atom. The number of fused-ring (bicyclic) bond motifs is 4. The fourth-order valence-corrected chi connectivity index (χ4v) is 14.6. The van der Waals surface area contributed by atoms with E-state index in [-0.39, 0.29) is 128 Å². The number of rotatable bonds is 20. The van der Waals surface area contributed by atoms with Gasteiger partial charge in [-0.05, 0) is 146 Å². The van der Waals surface area contributed by atoms with E-state index in [9.17, 15) is 18.4 Å². The van der Waals surface area contributed by atoms with Gasteiger partial charge in [-0.2, -0.15) is 15.8 Å². The SMILES string of the molecule is [2H]C(c1cc(C#N)ccc1F)N1CCC([2H])(N([2H])c2ncnc3nc(C([2H])(C)C)sc23)CC1.[2H]c1nc(N([2H])C2([2H])C([2H])([2H])C([2H])([2H])N(C([2H])([2H])c3ccc(F)c(Cl)c3)C([2H])([2H])C2([2H])[2H])c2c([2H])c(C([2H])(C)C)sc2n1.[2H]c1nc(N([2H])C2([2H])C([2H])([2H])C([2H])([2H])N(C([2H])c3cccc(C#N)c3)C([2H])([2H])C2([2H])[2H])c2c([2H])c(C([2H])(C)C)sc2n1.[2H]c1nc(N([2H])C2([2H])CCN(C([2H])c3ccc(F)c(C#N)c3)CC2)c2sc(C([2H])(C)C)nc2n1. The molecule has 16 rings (SSSR count). The first-order valence-corrected chi connectivity index (χ1v) is 38.5. The molecule has 12 aromatic rings. The highest BCUT2D eigenvalue weighted by atomic mass is 35.5. The first-order valence-electron chi connectivity index (χ1n) is 53.9. The second-order valence-corrected chi connectivity index (χ2v) is 30.4. The summed E-state index contributed by atoms with van der Waals surface area (Å²) in [5.41, 5.74) is 0.675. The predicted molar refractivity (Wildman–Crippen MR) is 454 cm³/mol. The van der Waals surface area contributed by atoms with E-state index in [1.807, 2.05) is 17.0 Å². The summed E-state index contributed by atoms with van der Waals surface area (Å²) in [6, 6.07) is 9.74. The molecular formula is C85H95ClF3N21S4. The van der Waals surface area contributed by atoms with Crippen molar-refractivity contribution in [3.05, 3.63) is 197 Å². The van der Waals surface area contributed by atoms with E-state index < -0.39 is 184 Å². The van der Waals surface area contributed by atoms with Crippen molar-refractivity contribution in [1.29, 1.82) is 15.8 Å². The van der Waals surface area contributed by atoms with Gasteiger partial charge in [-0.1, -0.05) is 91.3 Å². The van der Waals surface area contributed by atoms with Gasteiger partial charge < -0.3 is 21.2 Å². The van der Waals surface area contributed by atoms with Crippen LogP contribution < -0.4 is 21.2 Å². The molecule has 4 aliphatic heterocycles. The number of halogens is 4.